The zero-order chi connectivity index (χ0) is 26.8. The number of aliphatic hydroxyl groups excluding tert-OH is 2. The van der Waals surface area contributed by atoms with Crippen molar-refractivity contribution in [2.45, 2.75) is 56.7 Å². The van der Waals surface area contributed by atoms with Gasteiger partial charge in [-0.05, 0) is 89.8 Å². The first-order valence-electron chi connectivity index (χ1n) is 13.1. The van der Waals surface area contributed by atoms with Crippen LogP contribution in [0.3, 0.4) is 0 Å². The first-order valence-corrected chi connectivity index (χ1v) is 14.2. The average Bonchev–Trinajstić information content (AvgIpc) is 2.93. The van der Waals surface area contributed by atoms with Gasteiger partial charge in [-0.3, -0.25) is 0 Å². The third kappa shape index (κ3) is 5.66. The number of halogens is 3. The van der Waals surface area contributed by atoms with Crippen LogP contribution >= 0.6 is 34.8 Å². The molecule has 5 heteroatoms. The molecule has 2 aliphatic rings. The number of hydrogen-bond donors (Lipinski definition) is 2. The maximum Gasteiger partial charge on any atom is 0.0793 e. The van der Waals surface area contributed by atoms with Gasteiger partial charge in [-0.15, -0.1) is 0 Å². The van der Waals surface area contributed by atoms with Crippen molar-refractivity contribution in [1.82, 2.24) is 0 Å². The van der Waals surface area contributed by atoms with Gasteiger partial charge in [0.1, 0.15) is 0 Å². The molecular formula is C33H31Cl3O2. The van der Waals surface area contributed by atoms with Crippen LogP contribution < -0.4 is 0 Å². The molecule has 0 saturated carbocycles. The van der Waals surface area contributed by atoms with Crippen molar-refractivity contribution in [3.8, 4) is 0 Å². The van der Waals surface area contributed by atoms with E-state index in [9.17, 15) is 10.2 Å². The molecule has 38 heavy (non-hydrogen) atoms. The Morgan fingerprint density at radius 2 is 0.974 bits per heavy atom. The van der Waals surface area contributed by atoms with E-state index < -0.39 is 0 Å². The highest BCUT2D eigenvalue weighted by Gasteiger charge is 2.28. The van der Waals surface area contributed by atoms with E-state index in [2.05, 4.69) is 24.3 Å². The normalized spacial score (nSPS) is 22.1. The Bertz CT molecular complexity index is 1320. The molecule has 0 heterocycles. The molecule has 0 aliphatic heterocycles. The van der Waals surface area contributed by atoms with Gasteiger partial charge in [0, 0.05) is 16.9 Å². The first-order chi connectivity index (χ1) is 18.3. The Morgan fingerprint density at radius 3 is 1.45 bits per heavy atom. The molecule has 0 amide bonds. The van der Waals surface area contributed by atoms with Gasteiger partial charge < -0.3 is 10.2 Å². The van der Waals surface area contributed by atoms with Crippen LogP contribution in [0, 0.1) is 6.92 Å². The Hall–Kier alpha value is -2.33. The standard InChI is InChI=1S/C17H17ClO.C16H14Cl2O/c1-11-10-12(6-8-16(11)18)13-7-9-17(19)15-5-3-2-4-14(13)15;17-14-7-5-10(9-15(14)18)11-6-8-16(19)13-4-2-1-3-12(11)13/h2-6,8,10,13,17,19H,7,9H2,1H3;1-5,7,9,11,16,19H,6,8H2/t13-,17-;11-,16+/m11/s1. The summed E-state index contributed by atoms with van der Waals surface area (Å²) in [5.74, 6) is 0.657. The summed E-state index contributed by atoms with van der Waals surface area (Å²) in [6, 6.07) is 28.3. The Balaban J connectivity index is 0.000000155. The number of hydrogen-bond acceptors (Lipinski definition) is 2. The van der Waals surface area contributed by atoms with Crippen LogP contribution in [0.1, 0.15) is 88.7 Å². The van der Waals surface area contributed by atoms with Crippen LogP contribution in [0.25, 0.3) is 0 Å². The molecule has 0 radical (unpaired) electrons. The second kappa shape index (κ2) is 11.8. The molecule has 0 unspecified atom stereocenters. The highest BCUT2D eigenvalue weighted by Crippen LogP contribution is 2.43. The maximum absolute atomic E-state index is 10.1. The molecule has 2 aliphatic carbocycles. The van der Waals surface area contributed by atoms with E-state index in [0.29, 0.717) is 16.0 Å². The van der Waals surface area contributed by atoms with Crippen molar-refractivity contribution in [3.05, 3.63) is 139 Å². The van der Waals surface area contributed by atoms with Gasteiger partial charge in [-0.1, -0.05) is 102 Å². The molecule has 0 bridgehead atoms. The van der Waals surface area contributed by atoms with Crippen LogP contribution in [-0.2, 0) is 0 Å². The summed E-state index contributed by atoms with van der Waals surface area (Å²) < 4.78 is 0. The van der Waals surface area contributed by atoms with Gasteiger partial charge in [0.2, 0.25) is 0 Å². The molecule has 6 rings (SSSR count). The molecule has 2 nitrogen and oxygen atoms in total. The summed E-state index contributed by atoms with van der Waals surface area (Å²) >= 11 is 18.2. The Morgan fingerprint density at radius 1 is 0.526 bits per heavy atom. The fraction of sp³-hybridized carbons (Fsp3) is 0.273. The Labute approximate surface area is 239 Å². The number of benzene rings is 4. The summed E-state index contributed by atoms with van der Waals surface area (Å²) in [5.41, 5.74) is 8.12. The summed E-state index contributed by atoms with van der Waals surface area (Å²) in [4.78, 5) is 0. The molecule has 0 aromatic heterocycles. The summed E-state index contributed by atoms with van der Waals surface area (Å²) in [6.07, 6.45) is 2.84. The summed E-state index contributed by atoms with van der Waals surface area (Å²) in [7, 11) is 0. The quantitative estimate of drug-likeness (QED) is 0.254. The highest BCUT2D eigenvalue weighted by atomic mass is 35.5. The molecule has 196 valence electrons. The molecule has 0 fully saturated rings. The zero-order valence-electron chi connectivity index (χ0n) is 21.2. The third-order valence-electron chi connectivity index (χ3n) is 7.85. The maximum atomic E-state index is 10.1. The SMILES string of the molecule is Cc1cc([C@H]2CC[C@@H](O)c3ccccc32)ccc1Cl.O[C@H]1CC[C@H](c2ccc(Cl)c(Cl)c2)c2ccccc21. The lowest BCUT2D eigenvalue weighted by Crippen LogP contribution is -2.15. The lowest BCUT2D eigenvalue weighted by atomic mass is 9.77. The van der Waals surface area contributed by atoms with Gasteiger partial charge in [-0.25, -0.2) is 0 Å². The van der Waals surface area contributed by atoms with Crippen molar-refractivity contribution in [2.75, 3.05) is 0 Å². The predicted octanol–water partition coefficient (Wildman–Crippen LogP) is 9.56. The molecule has 0 saturated heterocycles. The molecule has 4 atom stereocenters. The van der Waals surface area contributed by atoms with E-state index in [1.807, 2.05) is 67.6 Å². The smallest absolute Gasteiger partial charge is 0.0793 e. The number of rotatable bonds is 2. The minimum absolute atomic E-state index is 0.286. The lowest BCUT2D eigenvalue weighted by molar-refractivity contribution is 0.153. The van der Waals surface area contributed by atoms with E-state index >= 15 is 0 Å². The summed E-state index contributed by atoms with van der Waals surface area (Å²) in [6.45, 7) is 2.04. The van der Waals surface area contributed by atoms with Crippen molar-refractivity contribution < 1.29 is 10.2 Å². The number of aryl methyl sites for hydroxylation is 1. The molecule has 2 N–H and O–H groups in total. The van der Waals surface area contributed by atoms with Gasteiger partial charge in [0.25, 0.3) is 0 Å². The van der Waals surface area contributed by atoms with Crippen molar-refractivity contribution in [1.29, 1.82) is 0 Å². The summed E-state index contributed by atoms with van der Waals surface area (Å²) in [5, 5.41) is 22.2. The second-order valence-electron chi connectivity index (χ2n) is 10.2. The van der Waals surface area contributed by atoms with E-state index in [4.69, 9.17) is 34.8 Å². The van der Waals surface area contributed by atoms with E-state index in [1.165, 1.54) is 16.7 Å². The van der Waals surface area contributed by atoms with Gasteiger partial charge in [0.15, 0.2) is 0 Å². The van der Waals surface area contributed by atoms with Crippen LogP contribution in [0.4, 0.5) is 0 Å². The minimum Gasteiger partial charge on any atom is -0.388 e. The number of aliphatic hydroxyl groups is 2. The molecule has 4 aromatic rings. The highest BCUT2D eigenvalue weighted by molar-refractivity contribution is 6.42. The van der Waals surface area contributed by atoms with Crippen LogP contribution in [0.5, 0.6) is 0 Å². The molecule has 0 spiro atoms. The Kier molecular flexibility index (Phi) is 8.47. The van der Waals surface area contributed by atoms with Crippen molar-refractivity contribution in [2.24, 2.45) is 0 Å². The second-order valence-corrected chi connectivity index (χ2v) is 11.5. The van der Waals surface area contributed by atoms with Crippen molar-refractivity contribution in [3.63, 3.8) is 0 Å². The minimum atomic E-state index is -0.352. The monoisotopic (exact) mass is 564 g/mol. The predicted molar refractivity (Wildman–Crippen MR) is 158 cm³/mol. The topological polar surface area (TPSA) is 40.5 Å². The number of fused-ring (bicyclic) bond motifs is 2. The lowest BCUT2D eigenvalue weighted by Gasteiger charge is -2.29. The van der Waals surface area contributed by atoms with E-state index in [1.54, 1.807) is 0 Å². The van der Waals surface area contributed by atoms with Gasteiger partial charge >= 0.3 is 0 Å². The average molecular weight is 566 g/mol. The fourth-order valence-electron chi connectivity index (χ4n) is 5.84. The largest absolute Gasteiger partial charge is 0.388 e. The van der Waals surface area contributed by atoms with Gasteiger partial charge in [-0.2, -0.15) is 0 Å². The van der Waals surface area contributed by atoms with Crippen LogP contribution in [0.2, 0.25) is 15.1 Å². The van der Waals surface area contributed by atoms with E-state index in [0.717, 1.165) is 53.0 Å². The van der Waals surface area contributed by atoms with E-state index in [-0.39, 0.29) is 18.1 Å². The van der Waals surface area contributed by atoms with Gasteiger partial charge in [0.05, 0.1) is 22.3 Å². The fourth-order valence-corrected chi connectivity index (χ4v) is 6.26. The zero-order valence-corrected chi connectivity index (χ0v) is 23.5. The molecule has 4 aromatic carbocycles. The van der Waals surface area contributed by atoms with Crippen LogP contribution in [-0.4, -0.2) is 10.2 Å². The third-order valence-corrected chi connectivity index (χ3v) is 9.01. The first kappa shape index (κ1) is 27.2. The van der Waals surface area contributed by atoms with Crippen LogP contribution in [0.15, 0.2) is 84.9 Å². The molecular weight excluding hydrogens is 535 g/mol. The van der Waals surface area contributed by atoms with Crippen molar-refractivity contribution >= 4 is 34.8 Å².